The topological polar surface area (TPSA) is 108 Å². The van der Waals surface area contributed by atoms with Gasteiger partial charge < -0.3 is 19.8 Å². The van der Waals surface area contributed by atoms with Crippen molar-refractivity contribution in [3.05, 3.63) is 77.5 Å². The van der Waals surface area contributed by atoms with Gasteiger partial charge in [0.2, 0.25) is 5.88 Å². The minimum Gasteiger partial charge on any atom is -0.467 e. The van der Waals surface area contributed by atoms with Gasteiger partial charge in [-0.15, -0.1) is 0 Å². The van der Waals surface area contributed by atoms with E-state index in [4.69, 9.17) is 15.2 Å². The van der Waals surface area contributed by atoms with Crippen molar-refractivity contribution < 1.29 is 18.7 Å². The van der Waals surface area contributed by atoms with Crippen LogP contribution in [0.3, 0.4) is 0 Å². The quantitative estimate of drug-likeness (QED) is 0.303. The summed E-state index contributed by atoms with van der Waals surface area (Å²) in [6.45, 7) is 7.11. The number of ether oxygens (including phenoxy) is 2. The Labute approximate surface area is 237 Å². The Hall–Kier alpha value is -4.73. The number of carbonyl (C=O) groups is 1. The van der Waals surface area contributed by atoms with Gasteiger partial charge in [0.15, 0.2) is 11.9 Å². The molecule has 1 amide bonds. The van der Waals surface area contributed by atoms with Crippen LogP contribution >= 0.6 is 0 Å². The second-order valence-electron chi connectivity index (χ2n) is 11.3. The van der Waals surface area contributed by atoms with Crippen LogP contribution in [0.25, 0.3) is 27.9 Å². The summed E-state index contributed by atoms with van der Waals surface area (Å²) in [5.41, 5.74) is 10.6. The van der Waals surface area contributed by atoms with E-state index < -0.39 is 23.6 Å². The van der Waals surface area contributed by atoms with E-state index in [1.54, 1.807) is 26.8 Å². The highest BCUT2D eigenvalue weighted by atomic mass is 19.1. The molecule has 4 heterocycles. The van der Waals surface area contributed by atoms with Crippen LogP contribution in [0.15, 0.2) is 66.3 Å². The number of aryl methyl sites for hydroxylation is 2. The predicted octanol–water partition coefficient (Wildman–Crippen LogP) is 6.13. The van der Waals surface area contributed by atoms with E-state index in [0.717, 1.165) is 22.5 Å². The number of hydrogen-bond donors (Lipinski definition) is 1. The molecule has 2 aliphatic rings. The Morgan fingerprint density at radius 2 is 1.88 bits per heavy atom. The van der Waals surface area contributed by atoms with Gasteiger partial charge in [-0.3, -0.25) is 4.90 Å². The molecule has 0 saturated heterocycles. The summed E-state index contributed by atoms with van der Waals surface area (Å²) in [6, 6.07) is 12.8. The first kappa shape index (κ1) is 26.5. The maximum atomic E-state index is 16.6. The number of aromatic nitrogens is 4. The van der Waals surface area contributed by atoms with Crippen LogP contribution in [0.2, 0.25) is 0 Å². The van der Waals surface area contributed by atoms with Crippen molar-refractivity contribution >= 4 is 34.2 Å². The SMILES string of the molecule is Cc1cccc(OC2CC=C3C(=C2F)CN(C(=O)OC(C)(C)C)c2ncnc4c2c3c(-c2ccc(N)cc2)n4C)n1. The number of halogens is 1. The van der Waals surface area contributed by atoms with E-state index in [-0.39, 0.29) is 13.0 Å². The monoisotopic (exact) mass is 554 g/mol. The number of hydrogen-bond acceptors (Lipinski definition) is 7. The van der Waals surface area contributed by atoms with Crippen LogP contribution in [0.1, 0.15) is 38.4 Å². The summed E-state index contributed by atoms with van der Waals surface area (Å²) in [5, 5.41) is 0.640. The van der Waals surface area contributed by atoms with E-state index in [1.165, 1.54) is 11.2 Å². The van der Waals surface area contributed by atoms with Crippen LogP contribution in [-0.4, -0.2) is 43.9 Å². The zero-order valence-corrected chi connectivity index (χ0v) is 23.6. The fourth-order valence-electron chi connectivity index (χ4n) is 5.40. The average Bonchev–Trinajstić information content (AvgIpc) is 3.11. The van der Waals surface area contributed by atoms with Gasteiger partial charge in [0.1, 0.15) is 23.4 Å². The van der Waals surface area contributed by atoms with Gasteiger partial charge in [-0.25, -0.2) is 24.1 Å². The molecular formula is C31H31FN6O3. The molecule has 210 valence electrons. The van der Waals surface area contributed by atoms with Crippen LogP contribution in [-0.2, 0) is 11.8 Å². The zero-order valence-electron chi connectivity index (χ0n) is 23.6. The number of anilines is 2. The summed E-state index contributed by atoms with van der Waals surface area (Å²) >= 11 is 0. The third kappa shape index (κ3) is 4.69. The van der Waals surface area contributed by atoms with Crippen LogP contribution in [0.4, 0.5) is 20.7 Å². The van der Waals surface area contributed by atoms with Crippen molar-refractivity contribution in [1.29, 1.82) is 0 Å². The Balaban J connectivity index is 1.58. The highest BCUT2D eigenvalue weighted by molar-refractivity contribution is 6.12. The Morgan fingerprint density at radius 3 is 2.59 bits per heavy atom. The number of nitrogen functional groups attached to an aromatic ring is 1. The lowest BCUT2D eigenvalue weighted by atomic mass is 9.88. The normalized spacial score (nSPS) is 16.8. The van der Waals surface area contributed by atoms with Crippen molar-refractivity contribution in [2.24, 2.45) is 7.05 Å². The molecule has 3 aromatic heterocycles. The molecule has 2 N–H and O–H groups in total. The summed E-state index contributed by atoms with van der Waals surface area (Å²) in [7, 11) is 1.90. The zero-order chi connectivity index (χ0) is 29.1. The lowest BCUT2D eigenvalue weighted by Crippen LogP contribution is -2.39. The molecule has 0 fully saturated rings. The van der Waals surface area contributed by atoms with Gasteiger partial charge in [0, 0.05) is 42.1 Å². The fourth-order valence-corrected chi connectivity index (χ4v) is 5.40. The van der Waals surface area contributed by atoms with Gasteiger partial charge >= 0.3 is 6.09 Å². The highest BCUT2D eigenvalue weighted by Gasteiger charge is 2.39. The van der Waals surface area contributed by atoms with E-state index in [9.17, 15) is 4.79 Å². The Morgan fingerprint density at radius 1 is 1.12 bits per heavy atom. The van der Waals surface area contributed by atoms with Crippen molar-refractivity contribution in [1.82, 2.24) is 19.5 Å². The average molecular weight is 555 g/mol. The molecule has 9 nitrogen and oxygen atoms in total. The number of amides is 1. The number of nitrogens with two attached hydrogens (primary N) is 1. The van der Waals surface area contributed by atoms with Crippen molar-refractivity contribution in [3.8, 4) is 17.1 Å². The first-order chi connectivity index (χ1) is 19.5. The van der Waals surface area contributed by atoms with E-state index in [2.05, 4.69) is 15.0 Å². The molecule has 41 heavy (non-hydrogen) atoms. The standard InChI is InChI=1S/C31H31FN6O3/c1-17-7-6-8-23(36-17)40-22-14-13-20-21(26(22)32)15-38(30(39)41-31(2,3)4)29-25-24(20)27(18-9-11-19(33)12-10-18)37(5)28(25)34-16-35-29/h6-13,16,22H,14-15,33H2,1-5H3. The largest absolute Gasteiger partial charge is 0.467 e. The molecule has 1 unspecified atom stereocenters. The smallest absolute Gasteiger partial charge is 0.416 e. The number of pyridine rings is 1. The summed E-state index contributed by atoms with van der Waals surface area (Å²) in [4.78, 5) is 28.5. The first-order valence-corrected chi connectivity index (χ1v) is 13.4. The van der Waals surface area contributed by atoms with Crippen molar-refractivity contribution in [2.75, 3.05) is 17.2 Å². The molecule has 0 saturated carbocycles. The summed E-state index contributed by atoms with van der Waals surface area (Å²) < 4.78 is 30.3. The van der Waals surface area contributed by atoms with Gasteiger partial charge in [-0.1, -0.05) is 24.3 Å². The van der Waals surface area contributed by atoms with Gasteiger partial charge in [0.25, 0.3) is 0 Å². The number of carbonyl (C=O) groups excluding carboxylic acids is 1. The van der Waals surface area contributed by atoms with Crippen LogP contribution < -0.4 is 15.4 Å². The van der Waals surface area contributed by atoms with Crippen LogP contribution in [0.5, 0.6) is 5.88 Å². The lowest BCUT2D eigenvalue weighted by Gasteiger charge is -2.29. The van der Waals surface area contributed by atoms with Gasteiger partial charge in [-0.05, 0) is 57.0 Å². The molecule has 1 aliphatic heterocycles. The molecular weight excluding hydrogens is 523 g/mol. The van der Waals surface area contributed by atoms with Gasteiger partial charge in [0.05, 0.1) is 17.6 Å². The molecule has 1 aliphatic carbocycles. The molecule has 4 aromatic rings. The second kappa shape index (κ2) is 9.72. The van der Waals surface area contributed by atoms with E-state index in [1.807, 2.05) is 61.0 Å². The van der Waals surface area contributed by atoms with E-state index >= 15 is 4.39 Å². The number of fused-ring (bicyclic) bond motifs is 2. The third-order valence-corrected chi connectivity index (χ3v) is 7.14. The Bertz CT molecular complexity index is 1750. The number of benzene rings is 1. The number of nitrogens with zero attached hydrogens (tertiary/aromatic N) is 5. The molecule has 10 heteroatoms. The van der Waals surface area contributed by atoms with Gasteiger partial charge in [-0.2, -0.15) is 0 Å². The lowest BCUT2D eigenvalue weighted by molar-refractivity contribution is 0.0582. The maximum Gasteiger partial charge on any atom is 0.416 e. The third-order valence-electron chi connectivity index (χ3n) is 7.14. The first-order valence-electron chi connectivity index (χ1n) is 13.4. The fraction of sp³-hybridized carbons (Fsp3) is 0.290. The van der Waals surface area contributed by atoms with E-state index in [0.29, 0.717) is 39.6 Å². The maximum absolute atomic E-state index is 16.6. The summed E-state index contributed by atoms with van der Waals surface area (Å²) in [6.07, 6.45) is 2.10. The van der Waals surface area contributed by atoms with Crippen molar-refractivity contribution in [2.45, 2.75) is 45.8 Å². The van der Waals surface area contributed by atoms with Crippen LogP contribution in [0, 0.1) is 6.92 Å². The minimum absolute atomic E-state index is 0.0978. The highest BCUT2D eigenvalue weighted by Crippen LogP contribution is 2.48. The second-order valence-corrected chi connectivity index (χ2v) is 11.3. The van der Waals surface area contributed by atoms with Crippen molar-refractivity contribution in [3.63, 3.8) is 0 Å². The summed E-state index contributed by atoms with van der Waals surface area (Å²) in [5.74, 6) is 0.212. The number of rotatable bonds is 3. The Kier molecular flexibility index (Phi) is 6.28. The molecule has 6 rings (SSSR count). The molecule has 0 spiro atoms. The predicted molar refractivity (Wildman–Crippen MR) is 156 cm³/mol. The molecule has 1 atom stereocenters. The molecule has 1 aromatic carbocycles. The molecule has 0 bridgehead atoms. The minimum atomic E-state index is -0.907. The molecule has 0 radical (unpaired) electrons.